The van der Waals surface area contributed by atoms with Crippen molar-refractivity contribution >= 4 is 50.1 Å². The Labute approximate surface area is 128 Å². The van der Waals surface area contributed by atoms with Crippen LogP contribution in [0.15, 0.2) is 38.4 Å². The fraction of sp³-hybridized carbons (Fsp3) is 0.200. The van der Waals surface area contributed by atoms with Crippen molar-refractivity contribution in [1.29, 1.82) is 0 Å². The summed E-state index contributed by atoms with van der Waals surface area (Å²) < 4.78 is 11.5. The maximum Gasteiger partial charge on any atom is 0.396 e. The second-order valence-electron chi connectivity index (χ2n) is 4.34. The highest BCUT2D eigenvalue weighted by Gasteiger charge is 2.20. The molecule has 108 valence electrons. The van der Waals surface area contributed by atoms with Gasteiger partial charge in [-0.05, 0) is 5.75 Å². The monoisotopic (exact) mass is 320 g/mol. The van der Waals surface area contributed by atoms with E-state index in [2.05, 4.69) is 0 Å². The molecule has 0 spiro atoms. The maximum absolute atomic E-state index is 11.7. The van der Waals surface area contributed by atoms with Gasteiger partial charge in [0.05, 0.1) is 9.60 Å². The van der Waals surface area contributed by atoms with Crippen LogP contribution in [0, 0.1) is 0 Å². The van der Waals surface area contributed by atoms with Crippen LogP contribution in [0.5, 0.6) is 5.75 Å². The number of fused-ring (bicyclic) bond motifs is 3. The highest BCUT2D eigenvalue weighted by atomic mass is 32.2. The van der Waals surface area contributed by atoms with Crippen molar-refractivity contribution in [1.82, 2.24) is 0 Å². The predicted octanol–water partition coefficient (Wildman–Crippen LogP) is 4.05. The molecule has 0 N–H and O–H groups in total. The highest BCUT2D eigenvalue weighted by Crippen LogP contribution is 2.44. The van der Waals surface area contributed by atoms with Crippen molar-refractivity contribution in [3.63, 3.8) is 0 Å². The Morgan fingerprint density at radius 1 is 1.33 bits per heavy atom. The van der Waals surface area contributed by atoms with Crippen LogP contribution >= 0.6 is 23.1 Å². The first-order valence-electron chi connectivity index (χ1n) is 6.41. The molecule has 0 amide bonds. The number of hydrogen-bond acceptors (Lipinski definition) is 6. The van der Waals surface area contributed by atoms with Gasteiger partial charge in [-0.3, -0.25) is 4.79 Å². The Balaban J connectivity index is 2.49. The average molecular weight is 320 g/mol. The van der Waals surface area contributed by atoms with Crippen LogP contribution in [-0.4, -0.2) is 11.7 Å². The number of thioether (sulfide) groups is 1. The van der Waals surface area contributed by atoms with Crippen molar-refractivity contribution in [3.8, 4) is 5.75 Å². The molecule has 21 heavy (non-hydrogen) atoms. The Kier molecular flexibility index (Phi) is 3.73. The van der Waals surface area contributed by atoms with Gasteiger partial charge in [-0.25, -0.2) is 4.79 Å². The lowest BCUT2D eigenvalue weighted by Gasteiger charge is -2.12. The van der Waals surface area contributed by atoms with Crippen LogP contribution in [0.1, 0.15) is 13.8 Å². The largest absolute Gasteiger partial charge is 0.425 e. The summed E-state index contributed by atoms with van der Waals surface area (Å²) in [5.74, 6) is 0.927. The quantitative estimate of drug-likeness (QED) is 0.414. The molecule has 0 radical (unpaired) electrons. The van der Waals surface area contributed by atoms with Crippen LogP contribution in [0.25, 0.3) is 21.1 Å². The van der Waals surface area contributed by atoms with Crippen LogP contribution in [-0.2, 0) is 4.79 Å². The second kappa shape index (κ2) is 5.54. The molecular formula is C15H12O4S2. The van der Waals surface area contributed by atoms with Crippen LogP contribution in [0.2, 0.25) is 0 Å². The lowest BCUT2D eigenvalue weighted by Crippen LogP contribution is -2.03. The number of rotatable bonds is 3. The second-order valence-corrected chi connectivity index (χ2v) is 6.56. The van der Waals surface area contributed by atoms with E-state index in [1.54, 1.807) is 0 Å². The fourth-order valence-electron chi connectivity index (χ4n) is 2.23. The minimum Gasteiger partial charge on any atom is -0.425 e. The number of carbonyl (C=O) groups is 1. The molecular weight excluding hydrogens is 308 g/mol. The van der Waals surface area contributed by atoms with Crippen molar-refractivity contribution in [2.45, 2.75) is 18.7 Å². The molecule has 0 unspecified atom stereocenters. The number of benzene rings is 2. The van der Waals surface area contributed by atoms with E-state index in [-0.39, 0.29) is 10.9 Å². The maximum atomic E-state index is 11.7. The summed E-state index contributed by atoms with van der Waals surface area (Å²) in [6, 6.07) is 7.46. The van der Waals surface area contributed by atoms with E-state index in [0.29, 0.717) is 11.3 Å². The Morgan fingerprint density at radius 2 is 2.05 bits per heavy atom. The van der Waals surface area contributed by atoms with Gasteiger partial charge in [0.15, 0.2) is 11.3 Å². The van der Waals surface area contributed by atoms with Crippen molar-refractivity contribution in [2.24, 2.45) is 0 Å². The minimum absolute atomic E-state index is 0.354. The van der Waals surface area contributed by atoms with Crippen LogP contribution in [0.4, 0.5) is 0 Å². The number of ether oxygens (including phenoxy) is 1. The summed E-state index contributed by atoms with van der Waals surface area (Å²) in [7, 11) is 0. The van der Waals surface area contributed by atoms with E-state index in [0.717, 1.165) is 37.5 Å². The smallest absolute Gasteiger partial charge is 0.396 e. The minimum atomic E-state index is -0.381. The topological polar surface area (TPSA) is 56.5 Å². The Morgan fingerprint density at radius 3 is 2.71 bits per heavy atom. The first kappa shape index (κ1) is 14.2. The first-order valence-corrected chi connectivity index (χ1v) is 8.21. The third-order valence-corrected chi connectivity index (χ3v) is 4.88. The van der Waals surface area contributed by atoms with Gasteiger partial charge >= 0.3 is 10.9 Å². The standard InChI is InChI=1S/C15H12O4S2/c1-3-20-13-11(18-8(2)16)9-6-4-5-7-10(9)12-14(13)21-15(17)19-12/h4-7H,3H2,1-2H3. The summed E-state index contributed by atoms with van der Waals surface area (Å²) in [5.41, 5.74) is 0.562. The third-order valence-electron chi connectivity index (χ3n) is 2.94. The summed E-state index contributed by atoms with van der Waals surface area (Å²) in [5, 5.41) is 1.56. The normalized spacial score (nSPS) is 11.1. The van der Waals surface area contributed by atoms with Gasteiger partial charge < -0.3 is 9.15 Å². The summed E-state index contributed by atoms with van der Waals surface area (Å²) in [6.07, 6.45) is 0. The average Bonchev–Trinajstić information content (AvgIpc) is 2.84. The van der Waals surface area contributed by atoms with Crippen molar-refractivity contribution in [2.75, 3.05) is 5.75 Å². The van der Waals surface area contributed by atoms with E-state index in [4.69, 9.17) is 9.15 Å². The third kappa shape index (κ3) is 2.45. The van der Waals surface area contributed by atoms with Gasteiger partial charge in [-0.1, -0.05) is 42.5 Å². The molecule has 3 rings (SSSR count). The van der Waals surface area contributed by atoms with Crippen molar-refractivity contribution < 1.29 is 13.9 Å². The SMILES string of the molecule is CCSc1c(OC(C)=O)c2ccccc2c2oc(=O)sc12. The molecule has 0 saturated heterocycles. The van der Waals surface area contributed by atoms with Gasteiger partial charge in [0, 0.05) is 17.7 Å². The van der Waals surface area contributed by atoms with E-state index in [9.17, 15) is 9.59 Å². The van der Waals surface area contributed by atoms with Gasteiger partial charge in [-0.2, -0.15) is 0 Å². The molecule has 0 bridgehead atoms. The molecule has 0 fully saturated rings. The van der Waals surface area contributed by atoms with E-state index in [1.165, 1.54) is 18.7 Å². The number of hydrogen-bond donors (Lipinski definition) is 0. The Hall–Kier alpha value is -1.79. The van der Waals surface area contributed by atoms with Crippen LogP contribution in [0.3, 0.4) is 0 Å². The first-order chi connectivity index (χ1) is 10.1. The summed E-state index contributed by atoms with van der Waals surface area (Å²) >= 11 is 2.58. The summed E-state index contributed by atoms with van der Waals surface area (Å²) in [6.45, 7) is 3.38. The number of esters is 1. The van der Waals surface area contributed by atoms with E-state index < -0.39 is 0 Å². The number of carbonyl (C=O) groups excluding carboxylic acids is 1. The molecule has 1 heterocycles. The van der Waals surface area contributed by atoms with Gasteiger partial charge in [0.1, 0.15) is 0 Å². The molecule has 2 aromatic carbocycles. The van der Waals surface area contributed by atoms with Gasteiger partial charge in [-0.15, -0.1) is 11.8 Å². The molecule has 4 nitrogen and oxygen atoms in total. The Bertz CT molecular complexity index is 892. The highest BCUT2D eigenvalue weighted by molar-refractivity contribution is 7.99. The fourth-order valence-corrected chi connectivity index (χ4v) is 4.05. The van der Waals surface area contributed by atoms with E-state index >= 15 is 0 Å². The molecule has 0 aliphatic carbocycles. The lowest BCUT2D eigenvalue weighted by molar-refractivity contribution is -0.131. The molecule has 3 aromatic rings. The molecule has 0 aliphatic heterocycles. The molecule has 0 aliphatic rings. The zero-order valence-electron chi connectivity index (χ0n) is 11.5. The predicted molar refractivity (Wildman–Crippen MR) is 85.6 cm³/mol. The molecule has 1 aromatic heterocycles. The van der Waals surface area contributed by atoms with Crippen molar-refractivity contribution in [3.05, 3.63) is 34.0 Å². The zero-order chi connectivity index (χ0) is 15.0. The van der Waals surface area contributed by atoms with Crippen LogP contribution < -0.4 is 9.68 Å². The van der Waals surface area contributed by atoms with E-state index in [1.807, 2.05) is 31.2 Å². The molecule has 6 heteroatoms. The van der Waals surface area contributed by atoms with Gasteiger partial charge in [0.2, 0.25) is 0 Å². The lowest BCUT2D eigenvalue weighted by atomic mass is 10.1. The van der Waals surface area contributed by atoms with Gasteiger partial charge in [0.25, 0.3) is 0 Å². The summed E-state index contributed by atoms with van der Waals surface area (Å²) in [4.78, 5) is 23.5. The zero-order valence-corrected chi connectivity index (χ0v) is 13.1. The molecule has 0 atom stereocenters. The molecule has 0 saturated carbocycles.